The Morgan fingerprint density at radius 1 is 0.393 bits per heavy atom. The van der Waals surface area contributed by atoms with Crippen LogP contribution in [0.4, 0.5) is 0 Å². The van der Waals surface area contributed by atoms with Gasteiger partial charge in [-0.1, -0.05) is 183 Å². The maximum Gasteiger partial charge on any atom is 0.306 e. The van der Waals surface area contributed by atoms with E-state index in [0.29, 0.717) is 12.8 Å². The molecule has 0 aliphatic rings. The third kappa shape index (κ3) is 41.7. The first-order valence-corrected chi connectivity index (χ1v) is 22.6. The lowest BCUT2D eigenvalue weighted by Crippen LogP contribution is -2.30. The van der Waals surface area contributed by atoms with Crippen molar-refractivity contribution in [3.05, 3.63) is 85.1 Å². The molecule has 0 aromatic carbocycles. The fraction of sp³-hybridized carbons (Fsp3) is 0.660. The SMILES string of the molecule is CC/C=C\C/C=C\C/C=C\C/C=C\C/C=C\CCCC(=O)OCC(COC(=O)CCCCCCCCCCCC)OC(=O)CCCCC/C=C\C=C/CCCC. The van der Waals surface area contributed by atoms with Crippen LogP contribution in [0.2, 0.25) is 0 Å². The molecule has 0 aliphatic heterocycles. The molecule has 6 nitrogen and oxygen atoms in total. The van der Waals surface area contributed by atoms with E-state index in [-0.39, 0.29) is 44.0 Å². The summed E-state index contributed by atoms with van der Waals surface area (Å²) in [4.78, 5) is 37.7. The van der Waals surface area contributed by atoms with E-state index in [1.165, 1.54) is 57.8 Å². The Morgan fingerprint density at radius 3 is 1.30 bits per heavy atom. The predicted octanol–water partition coefficient (Wildman–Crippen LogP) is 14.5. The van der Waals surface area contributed by atoms with E-state index in [2.05, 4.69) is 106 Å². The van der Waals surface area contributed by atoms with Gasteiger partial charge in [0.2, 0.25) is 0 Å². The van der Waals surface area contributed by atoms with Gasteiger partial charge in [0.15, 0.2) is 6.10 Å². The number of rotatable bonds is 39. The maximum atomic E-state index is 12.7. The van der Waals surface area contributed by atoms with Crippen molar-refractivity contribution in [3.8, 4) is 0 Å². The van der Waals surface area contributed by atoms with E-state index in [1.807, 2.05) is 0 Å². The molecule has 0 heterocycles. The van der Waals surface area contributed by atoms with Crippen LogP contribution in [0.25, 0.3) is 0 Å². The fourth-order valence-corrected chi connectivity index (χ4v) is 5.75. The van der Waals surface area contributed by atoms with Crippen molar-refractivity contribution < 1.29 is 28.6 Å². The average molecular weight is 779 g/mol. The molecule has 0 amide bonds. The molecule has 0 saturated heterocycles. The van der Waals surface area contributed by atoms with E-state index in [0.717, 1.165) is 89.9 Å². The molecule has 0 fully saturated rings. The number of carbonyl (C=O) groups excluding carboxylic acids is 3. The summed E-state index contributed by atoms with van der Waals surface area (Å²) < 4.78 is 16.6. The van der Waals surface area contributed by atoms with Gasteiger partial charge >= 0.3 is 17.9 Å². The Kier molecular flexibility index (Phi) is 41.6. The summed E-state index contributed by atoms with van der Waals surface area (Å²) >= 11 is 0. The minimum Gasteiger partial charge on any atom is -0.462 e. The number of esters is 3. The first kappa shape index (κ1) is 52.6. The van der Waals surface area contributed by atoms with Crippen LogP contribution in [0.3, 0.4) is 0 Å². The summed E-state index contributed by atoms with van der Waals surface area (Å²) in [7, 11) is 0. The molecule has 56 heavy (non-hydrogen) atoms. The van der Waals surface area contributed by atoms with E-state index in [1.54, 1.807) is 0 Å². The van der Waals surface area contributed by atoms with Crippen molar-refractivity contribution in [3.63, 3.8) is 0 Å². The van der Waals surface area contributed by atoms with Gasteiger partial charge in [-0.3, -0.25) is 14.4 Å². The molecule has 0 aromatic heterocycles. The Hall–Kier alpha value is -3.41. The normalized spacial score (nSPS) is 12.8. The molecule has 318 valence electrons. The lowest BCUT2D eigenvalue weighted by molar-refractivity contribution is -0.167. The van der Waals surface area contributed by atoms with Gasteiger partial charge in [0.25, 0.3) is 0 Å². The van der Waals surface area contributed by atoms with Crippen LogP contribution < -0.4 is 0 Å². The Labute approximate surface area is 344 Å². The van der Waals surface area contributed by atoms with Gasteiger partial charge in [-0.2, -0.15) is 0 Å². The van der Waals surface area contributed by atoms with Crippen molar-refractivity contribution in [2.24, 2.45) is 0 Å². The molecule has 0 rings (SSSR count). The van der Waals surface area contributed by atoms with Crippen LogP contribution in [0.5, 0.6) is 0 Å². The highest BCUT2D eigenvalue weighted by Crippen LogP contribution is 2.13. The van der Waals surface area contributed by atoms with Gasteiger partial charge in [-0.25, -0.2) is 0 Å². The minimum absolute atomic E-state index is 0.105. The highest BCUT2D eigenvalue weighted by Gasteiger charge is 2.19. The summed E-state index contributed by atoms with van der Waals surface area (Å²) in [6.07, 6.45) is 55.7. The zero-order valence-corrected chi connectivity index (χ0v) is 36.1. The second kappa shape index (κ2) is 44.3. The van der Waals surface area contributed by atoms with Crippen LogP contribution >= 0.6 is 0 Å². The first-order valence-electron chi connectivity index (χ1n) is 22.6. The summed E-state index contributed by atoms with van der Waals surface area (Å²) in [5.41, 5.74) is 0. The Balaban J connectivity index is 4.50. The van der Waals surface area contributed by atoms with Gasteiger partial charge in [0.1, 0.15) is 13.2 Å². The number of hydrogen-bond acceptors (Lipinski definition) is 6. The summed E-state index contributed by atoms with van der Waals surface area (Å²) in [5.74, 6) is -1.00. The molecular weight excluding hydrogens is 697 g/mol. The number of carbonyl (C=O) groups is 3. The second-order valence-corrected chi connectivity index (χ2v) is 14.6. The highest BCUT2D eigenvalue weighted by molar-refractivity contribution is 5.71. The number of ether oxygens (including phenoxy) is 3. The molecular formula is C50H82O6. The Morgan fingerprint density at radius 2 is 0.786 bits per heavy atom. The zero-order chi connectivity index (χ0) is 40.8. The van der Waals surface area contributed by atoms with Crippen LogP contribution in [0.1, 0.15) is 194 Å². The van der Waals surface area contributed by atoms with Gasteiger partial charge in [0.05, 0.1) is 0 Å². The van der Waals surface area contributed by atoms with Crippen molar-refractivity contribution in [1.82, 2.24) is 0 Å². The topological polar surface area (TPSA) is 78.9 Å². The third-order valence-electron chi connectivity index (χ3n) is 9.16. The smallest absolute Gasteiger partial charge is 0.306 e. The van der Waals surface area contributed by atoms with E-state index in [9.17, 15) is 14.4 Å². The molecule has 6 heteroatoms. The summed E-state index contributed by atoms with van der Waals surface area (Å²) in [6.45, 7) is 6.36. The van der Waals surface area contributed by atoms with Crippen molar-refractivity contribution in [1.29, 1.82) is 0 Å². The average Bonchev–Trinajstić information content (AvgIpc) is 3.19. The first-order chi connectivity index (χ1) is 27.5. The number of hydrogen-bond donors (Lipinski definition) is 0. The van der Waals surface area contributed by atoms with E-state index < -0.39 is 6.10 Å². The highest BCUT2D eigenvalue weighted by atomic mass is 16.6. The van der Waals surface area contributed by atoms with Gasteiger partial charge in [-0.05, 0) is 77.0 Å². The largest absolute Gasteiger partial charge is 0.462 e. The van der Waals surface area contributed by atoms with Crippen molar-refractivity contribution >= 4 is 17.9 Å². The third-order valence-corrected chi connectivity index (χ3v) is 9.16. The molecule has 0 aromatic rings. The molecule has 0 radical (unpaired) electrons. The van der Waals surface area contributed by atoms with Crippen LogP contribution in [-0.2, 0) is 28.6 Å². The van der Waals surface area contributed by atoms with Crippen LogP contribution in [-0.4, -0.2) is 37.2 Å². The van der Waals surface area contributed by atoms with E-state index in [4.69, 9.17) is 14.2 Å². The number of allylic oxidation sites excluding steroid dienone is 14. The van der Waals surface area contributed by atoms with Crippen LogP contribution in [0, 0.1) is 0 Å². The summed E-state index contributed by atoms with van der Waals surface area (Å²) in [5, 5.41) is 0. The molecule has 0 N–H and O–H groups in total. The Bertz CT molecular complexity index is 1120. The van der Waals surface area contributed by atoms with Gasteiger partial charge < -0.3 is 14.2 Å². The zero-order valence-electron chi connectivity index (χ0n) is 36.1. The molecule has 1 atom stereocenters. The lowest BCUT2D eigenvalue weighted by atomic mass is 10.1. The fourth-order valence-electron chi connectivity index (χ4n) is 5.75. The number of unbranched alkanes of at least 4 members (excludes halogenated alkanes) is 15. The molecule has 1 unspecified atom stereocenters. The standard InChI is InChI=1S/C50H82O6/c1-4-7-10-13-16-19-22-23-24-25-26-27-29-31-34-37-40-43-49(52)55-46-47(45-54-48(51)42-39-36-33-30-21-18-15-12-9-6-3)56-50(53)44-41-38-35-32-28-20-17-14-11-8-5-2/h7,10,14,16-17,19-20,23-24,26-28,31,34,47H,4-6,8-9,11-13,15,18,21-22,25,29-30,32-33,35-46H2,1-3H3/b10-7-,17-14-,19-16-,24-23-,27-26-,28-20-,34-31-. The molecule has 0 spiro atoms. The lowest BCUT2D eigenvalue weighted by Gasteiger charge is -2.18. The molecule has 0 aliphatic carbocycles. The monoisotopic (exact) mass is 779 g/mol. The minimum atomic E-state index is -0.809. The molecule has 0 bridgehead atoms. The quantitative estimate of drug-likeness (QED) is 0.0203. The van der Waals surface area contributed by atoms with Crippen molar-refractivity contribution in [2.75, 3.05) is 13.2 Å². The van der Waals surface area contributed by atoms with Crippen molar-refractivity contribution in [2.45, 2.75) is 200 Å². The van der Waals surface area contributed by atoms with Gasteiger partial charge in [0, 0.05) is 19.3 Å². The predicted molar refractivity (Wildman–Crippen MR) is 237 cm³/mol. The van der Waals surface area contributed by atoms with Crippen LogP contribution in [0.15, 0.2) is 85.1 Å². The maximum absolute atomic E-state index is 12.7. The van der Waals surface area contributed by atoms with E-state index >= 15 is 0 Å². The summed E-state index contributed by atoms with van der Waals surface area (Å²) in [6, 6.07) is 0. The molecule has 0 saturated carbocycles. The van der Waals surface area contributed by atoms with Gasteiger partial charge in [-0.15, -0.1) is 0 Å². The second-order valence-electron chi connectivity index (χ2n) is 14.6.